The van der Waals surface area contributed by atoms with Gasteiger partial charge in [-0.1, -0.05) is 19.8 Å². The molecule has 1 unspecified atom stereocenters. The molecule has 5 heteroatoms. The molecular formula is C12H22N2O3. The Morgan fingerprint density at radius 2 is 2.24 bits per heavy atom. The molecule has 1 saturated heterocycles. The first-order valence-corrected chi connectivity index (χ1v) is 6.33. The van der Waals surface area contributed by atoms with Gasteiger partial charge in [-0.05, 0) is 19.3 Å². The summed E-state index contributed by atoms with van der Waals surface area (Å²) in [5.41, 5.74) is 5.82. The van der Waals surface area contributed by atoms with Gasteiger partial charge in [-0.2, -0.15) is 0 Å². The van der Waals surface area contributed by atoms with Gasteiger partial charge < -0.3 is 15.7 Å². The third-order valence-electron chi connectivity index (χ3n) is 3.27. The molecule has 3 N–H and O–H groups in total. The molecule has 0 radical (unpaired) electrons. The fourth-order valence-electron chi connectivity index (χ4n) is 2.16. The summed E-state index contributed by atoms with van der Waals surface area (Å²) in [5, 5.41) is 8.95. The molecule has 2 atom stereocenters. The van der Waals surface area contributed by atoms with Gasteiger partial charge in [0.25, 0.3) is 0 Å². The van der Waals surface area contributed by atoms with Crippen LogP contribution in [0.2, 0.25) is 0 Å². The first-order valence-electron chi connectivity index (χ1n) is 6.33. The highest BCUT2D eigenvalue weighted by Crippen LogP contribution is 2.17. The van der Waals surface area contributed by atoms with Crippen LogP contribution in [0.4, 0.5) is 0 Å². The number of amides is 1. The van der Waals surface area contributed by atoms with Crippen LogP contribution in [0.5, 0.6) is 0 Å². The summed E-state index contributed by atoms with van der Waals surface area (Å²) in [6.45, 7) is 3.01. The predicted octanol–water partition coefficient (Wildman–Crippen LogP) is 0.827. The molecule has 0 bridgehead atoms. The lowest BCUT2D eigenvalue weighted by molar-refractivity contribution is -0.146. The number of aliphatic carboxylic acids is 1. The maximum atomic E-state index is 12.0. The van der Waals surface area contributed by atoms with Crippen LogP contribution >= 0.6 is 0 Å². The molecule has 1 heterocycles. The fraction of sp³-hybridized carbons (Fsp3) is 0.833. The summed E-state index contributed by atoms with van der Waals surface area (Å²) < 4.78 is 0. The van der Waals surface area contributed by atoms with E-state index in [2.05, 4.69) is 6.92 Å². The molecule has 5 nitrogen and oxygen atoms in total. The average Bonchev–Trinajstić information content (AvgIpc) is 2.35. The second-order valence-electron chi connectivity index (χ2n) is 4.71. The van der Waals surface area contributed by atoms with E-state index in [1.54, 1.807) is 4.90 Å². The Hall–Kier alpha value is -1.10. The van der Waals surface area contributed by atoms with Crippen molar-refractivity contribution in [2.24, 2.45) is 11.7 Å². The van der Waals surface area contributed by atoms with Crippen LogP contribution < -0.4 is 5.73 Å². The molecule has 1 amide bonds. The number of carbonyl (C=O) groups excluding carboxylic acids is 1. The summed E-state index contributed by atoms with van der Waals surface area (Å²) in [7, 11) is 0. The third-order valence-corrected chi connectivity index (χ3v) is 3.27. The first-order chi connectivity index (χ1) is 8.06. The summed E-state index contributed by atoms with van der Waals surface area (Å²) in [4.78, 5) is 24.5. The SMILES string of the molecule is CCCCC(N)C(=O)N1CCC[C@H](C(=O)O)C1. The number of carboxylic acid groups (broad SMARTS) is 1. The molecule has 98 valence electrons. The van der Waals surface area contributed by atoms with Gasteiger partial charge in [-0.15, -0.1) is 0 Å². The third kappa shape index (κ3) is 4.00. The molecular weight excluding hydrogens is 220 g/mol. The van der Waals surface area contributed by atoms with Crippen LogP contribution in [-0.4, -0.2) is 41.0 Å². The minimum Gasteiger partial charge on any atom is -0.481 e. The molecule has 1 aliphatic rings. The number of hydrogen-bond donors (Lipinski definition) is 2. The van der Waals surface area contributed by atoms with Crippen molar-refractivity contribution in [3.8, 4) is 0 Å². The van der Waals surface area contributed by atoms with Gasteiger partial charge >= 0.3 is 5.97 Å². The van der Waals surface area contributed by atoms with Crippen molar-refractivity contribution >= 4 is 11.9 Å². The van der Waals surface area contributed by atoms with E-state index in [1.807, 2.05) is 0 Å². The minimum atomic E-state index is -0.815. The Bertz CT molecular complexity index is 281. The normalized spacial score (nSPS) is 22.2. The Morgan fingerprint density at radius 3 is 2.82 bits per heavy atom. The summed E-state index contributed by atoms with van der Waals surface area (Å²) in [6, 6.07) is -0.470. The van der Waals surface area contributed by atoms with Crippen LogP contribution in [-0.2, 0) is 9.59 Å². The summed E-state index contributed by atoms with van der Waals surface area (Å²) in [5.74, 6) is -1.33. The van der Waals surface area contributed by atoms with Crippen molar-refractivity contribution in [2.75, 3.05) is 13.1 Å². The molecule has 1 rings (SSSR count). The lowest BCUT2D eigenvalue weighted by Gasteiger charge is -2.32. The molecule has 0 spiro atoms. The van der Waals surface area contributed by atoms with Crippen molar-refractivity contribution in [3.05, 3.63) is 0 Å². The van der Waals surface area contributed by atoms with Crippen LogP contribution in [0.1, 0.15) is 39.0 Å². The fourth-order valence-corrected chi connectivity index (χ4v) is 2.16. The minimum absolute atomic E-state index is 0.0931. The smallest absolute Gasteiger partial charge is 0.308 e. The molecule has 0 aromatic rings. The number of hydrogen-bond acceptors (Lipinski definition) is 3. The van der Waals surface area contributed by atoms with Gasteiger partial charge in [-0.25, -0.2) is 0 Å². The first kappa shape index (κ1) is 14.0. The topological polar surface area (TPSA) is 83.6 Å². The zero-order chi connectivity index (χ0) is 12.8. The molecule has 0 aromatic heterocycles. The summed E-state index contributed by atoms with van der Waals surface area (Å²) >= 11 is 0. The van der Waals surface area contributed by atoms with Gasteiger partial charge in [0, 0.05) is 13.1 Å². The quantitative estimate of drug-likeness (QED) is 0.748. The Morgan fingerprint density at radius 1 is 1.53 bits per heavy atom. The van der Waals surface area contributed by atoms with Crippen LogP contribution in [0, 0.1) is 5.92 Å². The van der Waals surface area contributed by atoms with E-state index in [1.165, 1.54) is 0 Å². The molecule has 1 aliphatic heterocycles. The highest BCUT2D eigenvalue weighted by Gasteiger charge is 2.30. The van der Waals surface area contributed by atoms with E-state index in [0.29, 0.717) is 25.9 Å². The maximum absolute atomic E-state index is 12.0. The van der Waals surface area contributed by atoms with Gasteiger partial charge in [0.05, 0.1) is 12.0 Å². The van der Waals surface area contributed by atoms with Gasteiger partial charge in [0.2, 0.25) is 5.91 Å². The molecule has 0 aliphatic carbocycles. The number of rotatable bonds is 5. The molecule has 0 aromatic carbocycles. The van der Waals surface area contributed by atoms with Crippen molar-refractivity contribution in [1.29, 1.82) is 0 Å². The van der Waals surface area contributed by atoms with Crippen molar-refractivity contribution in [3.63, 3.8) is 0 Å². The number of carbonyl (C=O) groups is 2. The predicted molar refractivity (Wildman–Crippen MR) is 64.4 cm³/mol. The number of carboxylic acids is 1. The lowest BCUT2D eigenvalue weighted by Crippen LogP contribution is -2.49. The van der Waals surface area contributed by atoms with Crippen molar-refractivity contribution in [2.45, 2.75) is 45.1 Å². The van der Waals surface area contributed by atoms with E-state index < -0.39 is 17.9 Å². The number of nitrogens with two attached hydrogens (primary N) is 1. The zero-order valence-corrected chi connectivity index (χ0v) is 10.4. The molecule has 17 heavy (non-hydrogen) atoms. The molecule has 1 fully saturated rings. The van der Waals surface area contributed by atoms with E-state index in [0.717, 1.165) is 19.3 Å². The number of likely N-dealkylation sites (tertiary alicyclic amines) is 1. The van der Waals surface area contributed by atoms with E-state index >= 15 is 0 Å². The standard InChI is InChI=1S/C12H22N2O3/c1-2-3-6-10(13)11(15)14-7-4-5-9(8-14)12(16)17/h9-10H,2-8,13H2,1H3,(H,16,17)/t9-,10?/m0/s1. The number of nitrogens with zero attached hydrogens (tertiary/aromatic N) is 1. The summed E-state index contributed by atoms with van der Waals surface area (Å²) in [6.07, 6.45) is 4.04. The van der Waals surface area contributed by atoms with Crippen LogP contribution in [0.3, 0.4) is 0 Å². The van der Waals surface area contributed by atoms with Crippen LogP contribution in [0.15, 0.2) is 0 Å². The Labute approximate surface area is 102 Å². The number of unbranched alkanes of at least 4 members (excludes halogenated alkanes) is 1. The zero-order valence-electron chi connectivity index (χ0n) is 10.4. The highest BCUT2D eigenvalue weighted by atomic mass is 16.4. The van der Waals surface area contributed by atoms with Crippen LogP contribution in [0.25, 0.3) is 0 Å². The van der Waals surface area contributed by atoms with Gasteiger partial charge in [-0.3, -0.25) is 9.59 Å². The van der Waals surface area contributed by atoms with Crippen molar-refractivity contribution < 1.29 is 14.7 Å². The van der Waals surface area contributed by atoms with Gasteiger partial charge in [0.1, 0.15) is 0 Å². The van der Waals surface area contributed by atoms with E-state index in [4.69, 9.17) is 10.8 Å². The second kappa shape index (κ2) is 6.59. The van der Waals surface area contributed by atoms with Crippen molar-refractivity contribution in [1.82, 2.24) is 4.90 Å². The Balaban J connectivity index is 2.48. The maximum Gasteiger partial charge on any atom is 0.308 e. The average molecular weight is 242 g/mol. The second-order valence-corrected chi connectivity index (χ2v) is 4.71. The number of piperidine rings is 1. The van der Waals surface area contributed by atoms with E-state index in [9.17, 15) is 9.59 Å². The lowest BCUT2D eigenvalue weighted by atomic mass is 9.97. The van der Waals surface area contributed by atoms with Gasteiger partial charge in [0.15, 0.2) is 0 Å². The molecule has 0 saturated carbocycles. The highest BCUT2D eigenvalue weighted by molar-refractivity contribution is 5.82. The largest absolute Gasteiger partial charge is 0.481 e. The monoisotopic (exact) mass is 242 g/mol. The Kier molecular flexibility index (Phi) is 5.41. The van der Waals surface area contributed by atoms with E-state index in [-0.39, 0.29) is 5.91 Å².